The number of hydrogen-bond donors (Lipinski definition) is 2. The first-order chi connectivity index (χ1) is 24.1. The zero-order valence-electron chi connectivity index (χ0n) is 26.8. The molecule has 4 rings (SSSR count). The Kier molecular flexibility index (Phi) is 11.8. The van der Waals surface area contributed by atoms with E-state index >= 15 is 17.6 Å². The van der Waals surface area contributed by atoms with Crippen molar-refractivity contribution in [3.63, 3.8) is 0 Å². The molecule has 272 valence electrons. The minimum absolute atomic E-state index is 0.0759. The Morgan fingerprint density at radius 3 is 1.80 bits per heavy atom. The maximum Gasteiger partial charge on any atom is 0.347 e. The highest BCUT2D eigenvalue weighted by Gasteiger charge is 2.41. The van der Waals surface area contributed by atoms with Crippen LogP contribution in [0.15, 0.2) is 64.6 Å². The minimum Gasteiger partial charge on any atom is -0.618 e. The summed E-state index contributed by atoms with van der Waals surface area (Å²) in [6, 6.07) is 6.56. The molecule has 2 N–H and O–H groups in total. The predicted octanol–water partition coefficient (Wildman–Crippen LogP) is 1.92. The van der Waals surface area contributed by atoms with Gasteiger partial charge in [0.1, 0.15) is 29.6 Å². The number of nitrogens with zero attached hydrogens (tertiary/aromatic N) is 6. The largest absolute Gasteiger partial charge is 0.618 e. The van der Waals surface area contributed by atoms with Gasteiger partial charge in [0.25, 0.3) is 22.5 Å². The van der Waals surface area contributed by atoms with Crippen molar-refractivity contribution in [3.8, 4) is 11.4 Å². The van der Waals surface area contributed by atoms with E-state index < -0.39 is 101 Å². The number of nitrogens with one attached hydrogen (secondary N) is 2. The van der Waals surface area contributed by atoms with Gasteiger partial charge in [-0.1, -0.05) is 11.6 Å². The average Bonchev–Trinajstić information content (AvgIpc) is 3.07. The Morgan fingerprint density at radius 1 is 0.824 bits per heavy atom. The van der Waals surface area contributed by atoms with E-state index in [-0.39, 0.29) is 22.7 Å². The normalized spacial score (nSPS) is 11.6. The van der Waals surface area contributed by atoms with E-state index in [1.165, 1.54) is 38.1 Å². The lowest BCUT2D eigenvalue weighted by Gasteiger charge is -2.19. The van der Waals surface area contributed by atoms with Gasteiger partial charge in [-0.3, -0.25) is 28.3 Å². The van der Waals surface area contributed by atoms with Crippen LogP contribution in [0, 0.1) is 10.4 Å². The fraction of sp³-hybridized carbons (Fsp3) is 0.333. The number of ether oxygens (including phenoxy) is 2. The van der Waals surface area contributed by atoms with Crippen LogP contribution in [0.5, 0.6) is 0 Å². The van der Waals surface area contributed by atoms with Crippen LogP contribution in [0.4, 0.5) is 29.2 Å². The summed E-state index contributed by atoms with van der Waals surface area (Å²) < 4.78 is 71.3. The van der Waals surface area contributed by atoms with Crippen LogP contribution in [0.25, 0.3) is 11.4 Å². The van der Waals surface area contributed by atoms with Crippen molar-refractivity contribution in [2.75, 3.05) is 36.9 Å². The molecule has 51 heavy (non-hydrogen) atoms. The van der Waals surface area contributed by atoms with E-state index in [1.54, 1.807) is 0 Å². The van der Waals surface area contributed by atoms with Gasteiger partial charge in [0, 0.05) is 30.5 Å². The number of anilines is 2. The Labute approximate surface area is 290 Å². The number of pyridine rings is 2. The molecule has 0 aliphatic carbocycles. The van der Waals surface area contributed by atoms with Gasteiger partial charge in [-0.05, 0) is 26.0 Å². The van der Waals surface area contributed by atoms with Crippen LogP contribution in [0.2, 0.25) is 5.15 Å². The number of halogens is 5. The lowest BCUT2D eigenvalue weighted by Crippen LogP contribution is -2.41. The molecule has 4 aromatic rings. The lowest BCUT2D eigenvalue weighted by atomic mass is 10.2. The standard InChI is InChI=1S/C30H29ClF4N8O8/c1-3-50-21(44)14-40-13-18(38-25(27(40)46)36-16-29(32,33)19-9-5-7-11-42(19)48)23-24(31)41(15-22(45)51-4-2)28(47)26(39-23)37-17-30(34,35)20-10-6-8-12-43(20)49/h5-13H,3-4,14-17H2,1-2H3,(H,36,38)(H,37,39). The summed E-state index contributed by atoms with van der Waals surface area (Å²) in [6.07, 6.45) is 2.58. The fourth-order valence-electron chi connectivity index (χ4n) is 4.53. The van der Waals surface area contributed by atoms with E-state index in [2.05, 4.69) is 20.6 Å². The predicted molar refractivity (Wildman–Crippen MR) is 170 cm³/mol. The smallest absolute Gasteiger partial charge is 0.347 e. The second-order valence-corrected chi connectivity index (χ2v) is 10.8. The molecule has 0 radical (unpaired) electrons. The molecular formula is C30H29ClF4N8O8. The zero-order valence-corrected chi connectivity index (χ0v) is 27.5. The number of alkyl halides is 4. The van der Waals surface area contributed by atoms with Gasteiger partial charge in [0.2, 0.25) is 0 Å². The molecule has 0 amide bonds. The van der Waals surface area contributed by atoms with Gasteiger partial charge >= 0.3 is 23.8 Å². The third-order valence-corrected chi connectivity index (χ3v) is 7.25. The van der Waals surface area contributed by atoms with Crippen LogP contribution in [0.1, 0.15) is 25.2 Å². The highest BCUT2D eigenvalue weighted by molar-refractivity contribution is 6.32. The van der Waals surface area contributed by atoms with Gasteiger partial charge in [0.15, 0.2) is 24.0 Å². The van der Waals surface area contributed by atoms with Crippen LogP contribution in [0.3, 0.4) is 0 Å². The molecule has 0 aliphatic rings. The molecule has 16 nitrogen and oxygen atoms in total. The van der Waals surface area contributed by atoms with Gasteiger partial charge in [-0.15, -0.1) is 0 Å². The average molecular weight is 741 g/mol. The number of aromatic nitrogens is 6. The van der Waals surface area contributed by atoms with E-state index in [9.17, 15) is 29.6 Å². The Morgan fingerprint density at radius 2 is 1.31 bits per heavy atom. The molecule has 0 unspecified atom stereocenters. The molecule has 0 atom stereocenters. The number of esters is 2. The van der Waals surface area contributed by atoms with Crippen molar-refractivity contribution in [2.45, 2.75) is 38.8 Å². The van der Waals surface area contributed by atoms with Crippen molar-refractivity contribution in [2.24, 2.45) is 0 Å². The minimum atomic E-state index is -3.88. The van der Waals surface area contributed by atoms with Gasteiger partial charge in [0.05, 0.1) is 26.3 Å². The highest BCUT2D eigenvalue weighted by Crippen LogP contribution is 2.29. The van der Waals surface area contributed by atoms with Crippen LogP contribution in [-0.2, 0) is 44.0 Å². The Balaban J connectivity index is 1.85. The second-order valence-electron chi connectivity index (χ2n) is 10.4. The molecule has 4 heterocycles. The Hall–Kier alpha value is -5.79. The summed E-state index contributed by atoms with van der Waals surface area (Å²) >= 11 is 6.49. The molecule has 0 saturated carbocycles. The maximum absolute atomic E-state index is 15.1. The summed E-state index contributed by atoms with van der Waals surface area (Å²) in [5, 5.41) is 27.7. The monoisotopic (exact) mass is 740 g/mol. The lowest BCUT2D eigenvalue weighted by molar-refractivity contribution is -0.624. The highest BCUT2D eigenvalue weighted by atomic mass is 35.5. The van der Waals surface area contributed by atoms with Crippen LogP contribution in [-0.4, -0.2) is 57.3 Å². The van der Waals surface area contributed by atoms with Crippen molar-refractivity contribution in [3.05, 3.63) is 103 Å². The third kappa shape index (κ3) is 8.87. The molecule has 21 heteroatoms. The zero-order chi connectivity index (χ0) is 37.5. The summed E-state index contributed by atoms with van der Waals surface area (Å²) in [5.41, 5.74) is -5.27. The quantitative estimate of drug-likeness (QED) is 0.0778. The summed E-state index contributed by atoms with van der Waals surface area (Å²) in [5.74, 6) is -11.3. The van der Waals surface area contributed by atoms with Gasteiger partial charge in [-0.25, -0.2) is 9.97 Å². The first-order valence-corrected chi connectivity index (χ1v) is 15.3. The molecule has 0 spiro atoms. The Bertz CT molecular complexity index is 2050. The topological polar surface area (TPSA) is 200 Å². The second kappa shape index (κ2) is 15.8. The van der Waals surface area contributed by atoms with Crippen molar-refractivity contribution >= 4 is 35.2 Å². The van der Waals surface area contributed by atoms with Gasteiger partial charge < -0.3 is 30.5 Å². The van der Waals surface area contributed by atoms with Crippen LogP contribution >= 0.6 is 11.6 Å². The molecule has 0 fully saturated rings. The summed E-state index contributed by atoms with van der Waals surface area (Å²) in [6.45, 7) is -1.59. The summed E-state index contributed by atoms with van der Waals surface area (Å²) in [4.78, 5) is 59.5. The van der Waals surface area contributed by atoms with Crippen molar-refractivity contribution < 1.29 is 46.1 Å². The molecule has 0 saturated heterocycles. The van der Waals surface area contributed by atoms with Crippen LogP contribution < -0.4 is 31.2 Å². The number of carbonyl (C=O) groups is 2. The molecule has 0 aliphatic heterocycles. The molecule has 0 bridgehead atoms. The SMILES string of the molecule is CCOC(=O)Cn1cc(-c2nc(NCC(F)(F)c3cccc[n+]3[O-])c(=O)n(CC(=O)OCC)c2Cl)nc(NCC(F)(F)c2cccc[n+]2[O-])c1=O. The number of rotatable bonds is 15. The first-order valence-electron chi connectivity index (χ1n) is 14.9. The maximum atomic E-state index is 15.1. The van der Waals surface area contributed by atoms with Crippen molar-refractivity contribution in [1.29, 1.82) is 0 Å². The molecule has 4 aromatic heterocycles. The summed E-state index contributed by atoms with van der Waals surface area (Å²) in [7, 11) is 0. The fourth-order valence-corrected chi connectivity index (χ4v) is 4.81. The van der Waals surface area contributed by atoms with E-state index in [4.69, 9.17) is 21.1 Å². The van der Waals surface area contributed by atoms with E-state index in [1.807, 2.05) is 0 Å². The number of carbonyl (C=O) groups excluding carboxylic acids is 2. The third-order valence-electron chi connectivity index (χ3n) is 6.87. The molecular weight excluding hydrogens is 712 g/mol. The van der Waals surface area contributed by atoms with Gasteiger partial charge in [-0.2, -0.15) is 27.0 Å². The first kappa shape index (κ1) is 38.0. The van der Waals surface area contributed by atoms with E-state index in [0.29, 0.717) is 9.13 Å². The number of hydrogen-bond acceptors (Lipinski definition) is 12. The van der Waals surface area contributed by atoms with E-state index in [0.717, 1.165) is 30.7 Å². The van der Waals surface area contributed by atoms with Crippen molar-refractivity contribution in [1.82, 2.24) is 19.1 Å². The molecule has 0 aromatic carbocycles.